The van der Waals surface area contributed by atoms with Crippen molar-refractivity contribution in [1.29, 1.82) is 0 Å². The molecule has 12 heteroatoms. The number of alkyl halides is 3. The van der Waals surface area contributed by atoms with E-state index in [4.69, 9.17) is 0 Å². The van der Waals surface area contributed by atoms with E-state index in [1.165, 1.54) is 12.1 Å². The molecule has 0 unspecified atom stereocenters. The van der Waals surface area contributed by atoms with E-state index in [0.717, 1.165) is 38.3 Å². The number of piperazine rings is 1. The lowest BCUT2D eigenvalue weighted by atomic mass is 10.3. The minimum atomic E-state index is -4.86. The molecular formula is C13H20Cl2F3N3O3S. The lowest BCUT2D eigenvalue weighted by molar-refractivity contribution is -0.274. The van der Waals surface area contributed by atoms with Crippen LogP contribution in [-0.2, 0) is 10.0 Å². The first-order valence-corrected chi connectivity index (χ1v) is 8.53. The van der Waals surface area contributed by atoms with Crippen LogP contribution in [-0.4, -0.2) is 58.9 Å². The van der Waals surface area contributed by atoms with Gasteiger partial charge >= 0.3 is 6.36 Å². The molecule has 1 heterocycles. The molecule has 1 aliphatic heterocycles. The summed E-state index contributed by atoms with van der Waals surface area (Å²) in [4.78, 5) is 1.84. The van der Waals surface area contributed by atoms with E-state index in [1.54, 1.807) is 0 Å². The normalized spacial score (nSPS) is 15.8. The predicted octanol–water partition coefficient (Wildman–Crippen LogP) is 1.61. The molecule has 0 spiro atoms. The van der Waals surface area contributed by atoms with Crippen molar-refractivity contribution in [1.82, 2.24) is 14.9 Å². The van der Waals surface area contributed by atoms with Crippen molar-refractivity contribution < 1.29 is 26.3 Å². The van der Waals surface area contributed by atoms with Gasteiger partial charge in [0.25, 0.3) is 0 Å². The number of sulfonamides is 1. The zero-order valence-electron chi connectivity index (χ0n) is 13.1. The highest BCUT2D eigenvalue weighted by molar-refractivity contribution is 7.89. The first-order valence-electron chi connectivity index (χ1n) is 7.05. The van der Waals surface area contributed by atoms with Crippen molar-refractivity contribution in [3.63, 3.8) is 0 Å². The summed E-state index contributed by atoms with van der Waals surface area (Å²) in [5.74, 6) is -0.567. The predicted molar refractivity (Wildman–Crippen MR) is 92.1 cm³/mol. The highest BCUT2D eigenvalue weighted by Gasteiger charge is 2.31. The van der Waals surface area contributed by atoms with Gasteiger partial charge in [-0.2, -0.15) is 0 Å². The van der Waals surface area contributed by atoms with Gasteiger partial charge in [0.15, 0.2) is 0 Å². The van der Waals surface area contributed by atoms with Crippen molar-refractivity contribution in [2.75, 3.05) is 39.3 Å². The maximum atomic E-state index is 12.2. The average Bonchev–Trinajstić information content (AvgIpc) is 2.47. The zero-order valence-corrected chi connectivity index (χ0v) is 15.5. The molecule has 1 fully saturated rings. The molecule has 0 aliphatic carbocycles. The van der Waals surface area contributed by atoms with Gasteiger partial charge in [-0.3, -0.25) is 4.90 Å². The summed E-state index contributed by atoms with van der Waals surface area (Å²) >= 11 is 0. The molecule has 0 amide bonds. The Labute approximate surface area is 157 Å². The first kappa shape index (κ1) is 24.2. The minimum absolute atomic E-state index is 0. The Hall–Kier alpha value is -0.780. The molecular weight excluding hydrogens is 406 g/mol. The summed E-state index contributed by atoms with van der Waals surface area (Å²) in [7, 11) is -3.88. The van der Waals surface area contributed by atoms with Crippen LogP contribution in [0.1, 0.15) is 0 Å². The number of nitrogens with zero attached hydrogens (tertiary/aromatic N) is 1. The van der Waals surface area contributed by atoms with Crippen molar-refractivity contribution in [3.05, 3.63) is 24.3 Å². The maximum absolute atomic E-state index is 12.2. The number of benzene rings is 1. The van der Waals surface area contributed by atoms with Gasteiger partial charge in [-0.1, -0.05) is 6.07 Å². The molecule has 146 valence electrons. The van der Waals surface area contributed by atoms with Crippen molar-refractivity contribution >= 4 is 34.8 Å². The largest absolute Gasteiger partial charge is 0.573 e. The Morgan fingerprint density at radius 2 is 1.84 bits per heavy atom. The standard InChI is InChI=1S/C13H18F3N3O3S.2ClH/c14-13(15,16)22-11-2-1-3-12(10-11)23(20,21)18-6-9-19-7-4-17-5-8-19;;/h1-3,10,17-18H,4-9H2;2*1H. The van der Waals surface area contributed by atoms with Crippen LogP contribution >= 0.6 is 24.8 Å². The van der Waals surface area contributed by atoms with Gasteiger partial charge in [0.1, 0.15) is 5.75 Å². The Bertz CT molecular complexity index is 626. The van der Waals surface area contributed by atoms with Crippen LogP contribution in [0.3, 0.4) is 0 Å². The number of hydrogen-bond acceptors (Lipinski definition) is 5. The van der Waals surface area contributed by atoms with Crippen LogP contribution in [0, 0.1) is 0 Å². The molecule has 1 aromatic carbocycles. The number of rotatable bonds is 6. The van der Waals surface area contributed by atoms with E-state index in [-0.39, 0.29) is 36.3 Å². The van der Waals surface area contributed by atoms with Gasteiger partial charge in [0, 0.05) is 45.3 Å². The van der Waals surface area contributed by atoms with Gasteiger partial charge in [-0.15, -0.1) is 38.0 Å². The topological polar surface area (TPSA) is 70.7 Å². The molecule has 2 N–H and O–H groups in total. The third-order valence-electron chi connectivity index (χ3n) is 3.28. The highest BCUT2D eigenvalue weighted by Crippen LogP contribution is 2.24. The molecule has 2 rings (SSSR count). The maximum Gasteiger partial charge on any atom is 0.573 e. The Balaban J connectivity index is 0.00000288. The summed E-state index contributed by atoms with van der Waals surface area (Å²) in [5, 5.41) is 3.19. The van der Waals surface area contributed by atoms with E-state index in [1.807, 2.05) is 0 Å². The zero-order chi connectivity index (χ0) is 16.9. The third-order valence-corrected chi connectivity index (χ3v) is 4.74. The van der Waals surface area contributed by atoms with Gasteiger partial charge in [0.05, 0.1) is 4.90 Å². The molecule has 1 aliphatic rings. The molecule has 0 radical (unpaired) electrons. The summed E-state index contributed by atoms with van der Waals surface area (Å²) in [5.41, 5.74) is 0. The van der Waals surface area contributed by atoms with Crippen LogP contribution in [0.2, 0.25) is 0 Å². The summed E-state index contributed by atoms with van der Waals surface area (Å²) < 4.78 is 66.9. The van der Waals surface area contributed by atoms with Crippen LogP contribution < -0.4 is 14.8 Å². The van der Waals surface area contributed by atoms with Crippen molar-refractivity contribution in [3.8, 4) is 5.75 Å². The van der Waals surface area contributed by atoms with Crippen molar-refractivity contribution in [2.24, 2.45) is 0 Å². The van der Waals surface area contributed by atoms with E-state index in [0.29, 0.717) is 6.54 Å². The lowest BCUT2D eigenvalue weighted by Gasteiger charge is -2.27. The van der Waals surface area contributed by atoms with Crippen LogP contribution in [0.25, 0.3) is 0 Å². The molecule has 1 saturated heterocycles. The van der Waals surface area contributed by atoms with Crippen LogP contribution in [0.15, 0.2) is 29.2 Å². The minimum Gasteiger partial charge on any atom is -0.406 e. The third kappa shape index (κ3) is 8.43. The fourth-order valence-electron chi connectivity index (χ4n) is 2.19. The monoisotopic (exact) mass is 425 g/mol. The molecule has 0 atom stereocenters. The highest BCUT2D eigenvalue weighted by atomic mass is 35.5. The Kier molecular flexibility index (Phi) is 10.1. The second kappa shape index (κ2) is 10.4. The number of ether oxygens (including phenoxy) is 1. The fraction of sp³-hybridized carbons (Fsp3) is 0.538. The second-order valence-electron chi connectivity index (χ2n) is 5.01. The second-order valence-corrected chi connectivity index (χ2v) is 6.78. The van der Waals surface area contributed by atoms with Gasteiger partial charge < -0.3 is 10.1 Å². The summed E-state index contributed by atoms with van der Waals surface area (Å²) in [6, 6.07) is 4.32. The molecule has 0 aromatic heterocycles. The average molecular weight is 426 g/mol. The molecule has 25 heavy (non-hydrogen) atoms. The Morgan fingerprint density at radius 3 is 2.44 bits per heavy atom. The smallest absolute Gasteiger partial charge is 0.406 e. The van der Waals surface area contributed by atoms with Gasteiger partial charge in [-0.05, 0) is 12.1 Å². The van der Waals surface area contributed by atoms with E-state index >= 15 is 0 Å². The first-order chi connectivity index (χ1) is 10.8. The van der Waals surface area contributed by atoms with E-state index in [9.17, 15) is 21.6 Å². The fourth-order valence-corrected chi connectivity index (χ4v) is 3.25. The molecule has 6 nitrogen and oxygen atoms in total. The quantitative estimate of drug-likeness (QED) is 0.724. The molecule has 0 saturated carbocycles. The summed E-state index contributed by atoms with van der Waals surface area (Å²) in [6.07, 6.45) is -4.86. The number of halogens is 5. The Morgan fingerprint density at radius 1 is 1.20 bits per heavy atom. The SMILES string of the molecule is Cl.Cl.O=S(=O)(NCCN1CCNCC1)c1cccc(OC(F)(F)F)c1. The van der Waals surface area contributed by atoms with Crippen molar-refractivity contribution in [2.45, 2.75) is 11.3 Å². The van der Waals surface area contributed by atoms with Gasteiger partial charge in [-0.25, -0.2) is 13.1 Å². The number of nitrogens with one attached hydrogen (secondary N) is 2. The van der Waals surface area contributed by atoms with Crippen LogP contribution in [0.4, 0.5) is 13.2 Å². The van der Waals surface area contributed by atoms with Crippen LogP contribution in [0.5, 0.6) is 5.75 Å². The molecule has 0 bridgehead atoms. The van der Waals surface area contributed by atoms with E-state index < -0.39 is 22.1 Å². The lowest BCUT2D eigenvalue weighted by Crippen LogP contribution is -2.46. The van der Waals surface area contributed by atoms with Gasteiger partial charge in [0.2, 0.25) is 10.0 Å². The van der Waals surface area contributed by atoms with E-state index in [2.05, 4.69) is 19.7 Å². The molecule has 1 aromatic rings. The summed E-state index contributed by atoms with van der Waals surface area (Å²) in [6.45, 7) is 4.09. The number of hydrogen-bond donors (Lipinski definition) is 2.